The van der Waals surface area contributed by atoms with Gasteiger partial charge in [-0.15, -0.1) is 0 Å². The molecule has 1 unspecified atom stereocenters. The molecule has 2 rings (SSSR count). The van der Waals surface area contributed by atoms with Crippen LogP contribution in [0.2, 0.25) is 5.02 Å². The Kier molecular flexibility index (Phi) is 4.23. The van der Waals surface area contributed by atoms with Gasteiger partial charge in [0.1, 0.15) is 11.9 Å². The normalized spacial score (nSPS) is 20.2. The van der Waals surface area contributed by atoms with Crippen LogP contribution in [-0.4, -0.2) is 24.4 Å². The highest BCUT2D eigenvalue weighted by Gasteiger charge is 2.39. The average Bonchev–Trinajstić information content (AvgIpc) is 2.50. The number of rotatable bonds is 1. The molecule has 1 N–H and O–H groups in total. The first-order valence-corrected chi connectivity index (χ1v) is 7.14. The van der Waals surface area contributed by atoms with E-state index in [4.69, 9.17) is 11.6 Å². The molecule has 0 aliphatic carbocycles. The van der Waals surface area contributed by atoms with Crippen molar-refractivity contribution in [2.24, 2.45) is 5.41 Å². The SMILES string of the molecule is CC(C)(C)C1NC(=O)CCN(c2c(F)cccc2Cl)C1=O. The van der Waals surface area contributed by atoms with Gasteiger partial charge in [-0.25, -0.2) is 4.39 Å². The molecule has 114 valence electrons. The second-order valence-corrected chi connectivity index (χ2v) is 6.58. The third-order valence-electron chi connectivity index (χ3n) is 3.45. The van der Waals surface area contributed by atoms with Crippen molar-refractivity contribution in [1.29, 1.82) is 0 Å². The van der Waals surface area contributed by atoms with Crippen molar-refractivity contribution in [3.05, 3.63) is 29.0 Å². The van der Waals surface area contributed by atoms with Crippen molar-refractivity contribution in [2.45, 2.75) is 33.2 Å². The first-order valence-electron chi connectivity index (χ1n) is 6.76. The van der Waals surface area contributed by atoms with Crippen molar-refractivity contribution >= 4 is 29.1 Å². The topological polar surface area (TPSA) is 49.4 Å². The molecule has 1 aromatic carbocycles. The second-order valence-electron chi connectivity index (χ2n) is 6.18. The minimum Gasteiger partial charge on any atom is -0.344 e. The maximum atomic E-state index is 14.1. The molecule has 1 atom stereocenters. The summed E-state index contributed by atoms with van der Waals surface area (Å²) in [6.07, 6.45) is 0.114. The lowest BCUT2D eigenvalue weighted by Gasteiger charge is -2.32. The van der Waals surface area contributed by atoms with E-state index in [9.17, 15) is 14.0 Å². The van der Waals surface area contributed by atoms with Crippen LogP contribution in [0.1, 0.15) is 27.2 Å². The van der Waals surface area contributed by atoms with E-state index in [-0.39, 0.29) is 35.5 Å². The summed E-state index contributed by atoms with van der Waals surface area (Å²) in [5, 5.41) is 2.87. The molecule has 0 saturated carbocycles. The number of carbonyl (C=O) groups is 2. The van der Waals surface area contributed by atoms with Gasteiger partial charge in [0.2, 0.25) is 11.8 Å². The largest absolute Gasteiger partial charge is 0.344 e. The minimum atomic E-state index is -0.719. The lowest BCUT2D eigenvalue weighted by atomic mass is 9.86. The Bertz CT molecular complexity index is 563. The summed E-state index contributed by atoms with van der Waals surface area (Å²) < 4.78 is 14.1. The maximum Gasteiger partial charge on any atom is 0.250 e. The molecule has 1 aliphatic heterocycles. The van der Waals surface area contributed by atoms with Crippen LogP contribution in [0, 0.1) is 11.2 Å². The number of anilines is 1. The predicted molar refractivity (Wildman–Crippen MR) is 79.8 cm³/mol. The molecule has 6 heteroatoms. The third-order valence-corrected chi connectivity index (χ3v) is 3.76. The first kappa shape index (κ1) is 15.8. The number of para-hydroxylation sites is 1. The van der Waals surface area contributed by atoms with E-state index in [1.165, 1.54) is 23.1 Å². The lowest BCUT2D eigenvalue weighted by molar-refractivity contribution is -0.127. The van der Waals surface area contributed by atoms with E-state index in [1.807, 2.05) is 20.8 Å². The fourth-order valence-corrected chi connectivity index (χ4v) is 2.60. The van der Waals surface area contributed by atoms with Crippen molar-refractivity contribution in [3.63, 3.8) is 0 Å². The average molecular weight is 313 g/mol. The van der Waals surface area contributed by atoms with E-state index in [2.05, 4.69) is 5.32 Å². The monoisotopic (exact) mass is 312 g/mol. The molecule has 1 aromatic rings. The summed E-state index contributed by atoms with van der Waals surface area (Å²) in [5.41, 5.74) is -0.442. The van der Waals surface area contributed by atoms with Gasteiger partial charge in [0, 0.05) is 13.0 Å². The van der Waals surface area contributed by atoms with Gasteiger partial charge in [-0.3, -0.25) is 9.59 Å². The smallest absolute Gasteiger partial charge is 0.250 e. The fourth-order valence-electron chi connectivity index (χ4n) is 2.33. The number of hydrogen-bond donors (Lipinski definition) is 1. The zero-order valence-corrected chi connectivity index (χ0v) is 13.0. The van der Waals surface area contributed by atoms with Crippen LogP contribution in [0.25, 0.3) is 0 Å². The molecule has 2 amide bonds. The van der Waals surface area contributed by atoms with E-state index in [0.29, 0.717) is 0 Å². The molecule has 21 heavy (non-hydrogen) atoms. The van der Waals surface area contributed by atoms with Gasteiger partial charge in [0.15, 0.2) is 0 Å². The molecule has 0 aromatic heterocycles. The molecule has 1 saturated heterocycles. The molecule has 1 fully saturated rings. The van der Waals surface area contributed by atoms with Crippen molar-refractivity contribution in [3.8, 4) is 0 Å². The van der Waals surface area contributed by atoms with Gasteiger partial charge in [-0.2, -0.15) is 0 Å². The summed E-state index contributed by atoms with van der Waals surface area (Å²) in [6.45, 7) is 5.66. The Morgan fingerprint density at radius 2 is 2.00 bits per heavy atom. The summed E-state index contributed by atoms with van der Waals surface area (Å²) in [4.78, 5) is 25.8. The molecule has 1 heterocycles. The van der Waals surface area contributed by atoms with Crippen LogP contribution in [0.5, 0.6) is 0 Å². The van der Waals surface area contributed by atoms with Crippen molar-refractivity contribution < 1.29 is 14.0 Å². The van der Waals surface area contributed by atoms with Crippen LogP contribution in [0.4, 0.5) is 10.1 Å². The molecule has 0 spiro atoms. The summed E-state index contributed by atoms with van der Waals surface area (Å²) in [6, 6.07) is 3.54. The predicted octanol–water partition coefficient (Wildman–Crippen LogP) is 2.75. The van der Waals surface area contributed by atoms with E-state index in [0.717, 1.165) is 0 Å². The summed E-state index contributed by atoms with van der Waals surface area (Å²) in [5.74, 6) is -1.14. The maximum absolute atomic E-state index is 14.1. The highest BCUT2D eigenvalue weighted by molar-refractivity contribution is 6.34. The number of benzene rings is 1. The third kappa shape index (κ3) is 3.18. The number of amides is 2. The van der Waals surface area contributed by atoms with Crippen molar-refractivity contribution in [1.82, 2.24) is 5.32 Å². The van der Waals surface area contributed by atoms with E-state index < -0.39 is 17.3 Å². The molecule has 0 radical (unpaired) electrons. The van der Waals surface area contributed by atoms with Gasteiger partial charge in [0.25, 0.3) is 0 Å². The molecular weight excluding hydrogens is 295 g/mol. The van der Waals surface area contributed by atoms with Gasteiger partial charge >= 0.3 is 0 Å². The second kappa shape index (κ2) is 5.64. The number of hydrogen-bond acceptors (Lipinski definition) is 2. The molecule has 1 aliphatic rings. The summed E-state index contributed by atoms with van der Waals surface area (Å²) >= 11 is 6.04. The van der Waals surface area contributed by atoms with E-state index >= 15 is 0 Å². The van der Waals surface area contributed by atoms with Crippen LogP contribution in [-0.2, 0) is 9.59 Å². The lowest BCUT2D eigenvalue weighted by Crippen LogP contribution is -2.52. The Labute approximate surface area is 128 Å². The first-order chi connectivity index (χ1) is 9.71. The minimum absolute atomic E-state index is 0.0370. The highest BCUT2D eigenvalue weighted by Crippen LogP contribution is 2.32. The number of nitrogens with zero attached hydrogens (tertiary/aromatic N) is 1. The standard InChI is InChI=1S/C15H18ClFN2O2/c1-15(2,3)13-14(21)19(8-7-11(20)18-13)12-9(16)5-4-6-10(12)17/h4-6,13H,7-8H2,1-3H3,(H,18,20). The molecule has 0 bridgehead atoms. The Hall–Kier alpha value is -1.62. The molecule has 4 nitrogen and oxygen atoms in total. The molecular formula is C15H18ClFN2O2. The zero-order valence-electron chi connectivity index (χ0n) is 12.2. The van der Waals surface area contributed by atoms with Crippen LogP contribution in [0.3, 0.4) is 0 Å². The highest BCUT2D eigenvalue weighted by atomic mass is 35.5. The number of carbonyl (C=O) groups excluding carboxylic acids is 2. The zero-order chi connectivity index (χ0) is 15.8. The van der Waals surface area contributed by atoms with Gasteiger partial charge in [-0.05, 0) is 17.5 Å². The fraction of sp³-hybridized carbons (Fsp3) is 0.467. The van der Waals surface area contributed by atoms with Crippen LogP contribution >= 0.6 is 11.6 Å². The van der Waals surface area contributed by atoms with Gasteiger partial charge < -0.3 is 10.2 Å². The van der Waals surface area contributed by atoms with Gasteiger partial charge in [0.05, 0.1) is 10.7 Å². The number of nitrogens with one attached hydrogen (secondary N) is 1. The summed E-state index contributed by atoms with van der Waals surface area (Å²) in [7, 11) is 0. The van der Waals surface area contributed by atoms with Crippen LogP contribution in [0.15, 0.2) is 18.2 Å². The Morgan fingerprint density at radius 3 is 2.57 bits per heavy atom. The van der Waals surface area contributed by atoms with Crippen molar-refractivity contribution in [2.75, 3.05) is 11.4 Å². The quantitative estimate of drug-likeness (QED) is 0.867. The Morgan fingerprint density at radius 1 is 1.33 bits per heavy atom. The Balaban J connectivity index is 2.48. The number of halogens is 2. The van der Waals surface area contributed by atoms with Gasteiger partial charge in [-0.1, -0.05) is 38.4 Å². The van der Waals surface area contributed by atoms with Crippen LogP contribution < -0.4 is 10.2 Å². The van der Waals surface area contributed by atoms with E-state index in [1.54, 1.807) is 0 Å².